The van der Waals surface area contributed by atoms with Crippen molar-refractivity contribution >= 4 is 57.1 Å². The first-order valence-electron chi connectivity index (χ1n) is 8.19. The van der Waals surface area contributed by atoms with Gasteiger partial charge in [-0.05, 0) is 80.6 Å². The van der Waals surface area contributed by atoms with Crippen molar-refractivity contribution < 1.29 is 41.7 Å². The van der Waals surface area contributed by atoms with Gasteiger partial charge in [0.2, 0.25) is 0 Å². The van der Waals surface area contributed by atoms with E-state index >= 15 is 0 Å². The van der Waals surface area contributed by atoms with Crippen LogP contribution >= 0.6 is 45.2 Å². The summed E-state index contributed by atoms with van der Waals surface area (Å²) < 4.78 is 62.9. The van der Waals surface area contributed by atoms with E-state index in [2.05, 4.69) is 4.74 Å². The quantitative estimate of drug-likeness (QED) is 0.199. The highest BCUT2D eigenvalue weighted by atomic mass is 127. The lowest BCUT2D eigenvalue weighted by molar-refractivity contribution is -0.223. The Morgan fingerprint density at radius 3 is 2.00 bits per heavy atom. The number of ether oxygens (including phenoxy) is 2. The third-order valence-corrected chi connectivity index (χ3v) is 5.41. The number of esters is 2. The molecule has 5 nitrogen and oxygen atoms in total. The summed E-state index contributed by atoms with van der Waals surface area (Å²) in [5.74, 6) is -12.2. The van der Waals surface area contributed by atoms with E-state index in [1.165, 1.54) is 24.3 Å². The van der Waals surface area contributed by atoms with Gasteiger partial charge < -0.3 is 14.6 Å². The molecular weight excluding hydrogens is 638 g/mol. The standard InChI is InChI=1S/C19H14F4I2O5/c1-18(20,21)19(22,23)17(28)29-9-10-2-4-12(5-3-10)16(27)30-15-13(24)6-11(8-26)7-14(15)25/h2-7,26H,8-9H2,1H3. The maximum absolute atomic E-state index is 13.2. The van der Waals surface area contributed by atoms with Gasteiger partial charge in [-0.15, -0.1) is 0 Å². The van der Waals surface area contributed by atoms with Crippen molar-refractivity contribution in [3.05, 3.63) is 60.2 Å². The number of hydrogen-bond acceptors (Lipinski definition) is 5. The van der Waals surface area contributed by atoms with Crippen molar-refractivity contribution in [2.75, 3.05) is 0 Å². The number of benzene rings is 2. The molecule has 2 rings (SSSR count). The highest BCUT2D eigenvalue weighted by molar-refractivity contribution is 14.1. The first-order chi connectivity index (χ1) is 13.9. The van der Waals surface area contributed by atoms with E-state index in [-0.39, 0.29) is 24.7 Å². The second kappa shape index (κ2) is 9.77. The minimum Gasteiger partial charge on any atom is -0.456 e. The Morgan fingerprint density at radius 2 is 1.53 bits per heavy atom. The normalized spacial score (nSPS) is 11.9. The lowest BCUT2D eigenvalue weighted by atomic mass is 10.1. The van der Waals surface area contributed by atoms with Gasteiger partial charge >= 0.3 is 23.8 Å². The fourth-order valence-corrected chi connectivity index (χ4v) is 4.23. The second-order valence-electron chi connectivity index (χ2n) is 6.17. The molecule has 0 bridgehead atoms. The van der Waals surface area contributed by atoms with Gasteiger partial charge in [-0.25, -0.2) is 9.59 Å². The molecule has 0 heterocycles. The van der Waals surface area contributed by atoms with Crippen molar-refractivity contribution in [1.82, 2.24) is 0 Å². The summed E-state index contributed by atoms with van der Waals surface area (Å²) in [6, 6.07) is 8.60. The number of rotatable bonds is 7. The minimum atomic E-state index is -4.95. The van der Waals surface area contributed by atoms with Crippen LogP contribution in [0.2, 0.25) is 0 Å². The van der Waals surface area contributed by atoms with Gasteiger partial charge in [0.1, 0.15) is 6.61 Å². The Kier molecular flexibility index (Phi) is 8.07. The van der Waals surface area contributed by atoms with Gasteiger partial charge in [-0.3, -0.25) is 0 Å². The van der Waals surface area contributed by atoms with Gasteiger partial charge in [0.15, 0.2) is 5.75 Å². The second-order valence-corrected chi connectivity index (χ2v) is 8.50. The average Bonchev–Trinajstić information content (AvgIpc) is 2.67. The zero-order valence-electron chi connectivity index (χ0n) is 15.2. The fraction of sp³-hybridized carbons (Fsp3) is 0.263. The molecule has 2 aromatic rings. The van der Waals surface area contributed by atoms with Gasteiger partial charge in [0.05, 0.1) is 19.3 Å². The lowest BCUT2D eigenvalue weighted by Gasteiger charge is -2.21. The number of aliphatic hydroxyl groups excluding tert-OH is 1. The van der Waals surface area contributed by atoms with E-state index in [1.807, 2.05) is 45.2 Å². The summed E-state index contributed by atoms with van der Waals surface area (Å²) in [7, 11) is 0. The third-order valence-electron chi connectivity index (χ3n) is 3.80. The fourth-order valence-electron chi connectivity index (χ4n) is 2.11. The largest absolute Gasteiger partial charge is 0.456 e. The molecule has 0 fully saturated rings. The molecule has 0 aliphatic carbocycles. The van der Waals surface area contributed by atoms with Crippen LogP contribution in [0.15, 0.2) is 36.4 Å². The van der Waals surface area contributed by atoms with Crippen molar-refractivity contribution in [2.24, 2.45) is 0 Å². The Hall–Kier alpha value is -1.48. The predicted octanol–water partition coefficient (Wildman–Crippen LogP) is 4.94. The van der Waals surface area contributed by atoms with Crippen LogP contribution in [0.3, 0.4) is 0 Å². The molecule has 0 saturated carbocycles. The van der Waals surface area contributed by atoms with Crippen LogP contribution in [0.5, 0.6) is 5.75 Å². The molecule has 0 aromatic heterocycles. The molecule has 30 heavy (non-hydrogen) atoms. The number of carbonyl (C=O) groups is 2. The van der Waals surface area contributed by atoms with Gasteiger partial charge in [-0.2, -0.15) is 17.6 Å². The Morgan fingerprint density at radius 1 is 1.00 bits per heavy atom. The molecular formula is C19H14F4I2O5. The molecule has 0 spiro atoms. The molecule has 11 heteroatoms. The maximum Gasteiger partial charge on any atom is 0.404 e. The molecule has 2 aromatic carbocycles. The van der Waals surface area contributed by atoms with Crippen molar-refractivity contribution in [3.63, 3.8) is 0 Å². The number of carbonyl (C=O) groups excluding carboxylic acids is 2. The van der Waals surface area contributed by atoms with E-state index in [9.17, 15) is 32.3 Å². The number of aliphatic hydroxyl groups is 1. The molecule has 0 unspecified atom stereocenters. The molecule has 0 saturated heterocycles. The molecule has 1 N–H and O–H groups in total. The SMILES string of the molecule is CC(F)(F)C(F)(F)C(=O)OCc1ccc(C(=O)Oc2c(I)cc(CO)cc2I)cc1. The van der Waals surface area contributed by atoms with Crippen LogP contribution in [0, 0.1) is 7.14 Å². The van der Waals surface area contributed by atoms with E-state index in [0.29, 0.717) is 18.5 Å². The number of alkyl halides is 4. The zero-order valence-corrected chi connectivity index (χ0v) is 19.5. The van der Waals surface area contributed by atoms with E-state index in [4.69, 9.17) is 4.74 Å². The van der Waals surface area contributed by atoms with Crippen LogP contribution in [-0.4, -0.2) is 28.9 Å². The molecule has 0 aliphatic rings. The number of hydrogen-bond donors (Lipinski definition) is 1. The van der Waals surface area contributed by atoms with Crippen LogP contribution in [0.4, 0.5) is 17.6 Å². The maximum atomic E-state index is 13.2. The summed E-state index contributed by atoms with van der Waals surface area (Å²) in [6.45, 7) is -0.902. The smallest absolute Gasteiger partial charge is 0.404 e. The van der Waals surface area contributed by atoms with E-state index in [0.717, 1.165) is 0 Å². The summed E-state index contributed by atoms with van der Waals surface area (Å²) >= 11 is 3.93. The van der Waals surface area contributed by atoms with Crippen LogP contribution < -0.4 is 4.74 Å². The van der Waals surface area contributed by atoms with Gasteiger partial charge in [0, 0.05) is 6.92 Å². The van der Waals surface area contributed by atoms with Crippen molar-refractivity contribution in [3.8, 4) is 5.75 Å². The van der Waals surface area contributed by atoms with Crippen LogP contribution in [-0.2, 0) is 22.7 Å². The van der Waals surface area contributed by atoms with Crippen molar-refractivity contribution in [1.29, 1.82) is 0 Å². The van der Waals surface area contributed by atoms with Gasteiger partial charge in [-0.1, -0.05) is 12.1 Å². The molecule has 0 radical (unpaired) electrons. The minimum absolute atomic E-state index is 0.0750. The molecule has 0 amide bonds. The Balaban J connectivity index is 2.04. The highest BCUT2D eigenvalue weighted by Gasteiger charge is 2.60. The zero-order chi connectivity index (χ0) is 22.7. The summed E-state index contributed by atoms with van der Waals surface area (Å²) in [5, 5.41) is 9.20. The summed E-state index contributed by atoms with van der Waals surface area (Å²) in [6.07, 6.45) is 0. The highest BCUT2D eigenvalue weighted by Crippen LogP contribution is 2.35. The van der Waals surface area contributed by atoms with Crippen molar-refractivity contribution in [2.45, 2.75) is 32.0 Å². The summed E-state index contributed by atoms with van der Waals surface area (Å²) in [5.41, 5.74) is 1.01. The first-order valence-corrected chi connectivity index (χ1v) is 10.4. The molecule has 0 aliphatic heterocycles. The lowest BCUT2D eigenvalue weighted by Crippen LogP contribution is -2.45. The van der Waals surface area contributed by atoms with E-state index in [1.54, 1.807) is 12.1 Å². The van der Waals surface area contributed by atoms with E-state index < -0.39 is 30.4 Å². The summed E-state index contributed by atoms with van der Waals surface area (Å²) in [4.78, 5) is 23.6. The number of halogens is 6. The predicted molar refractivity (Wildman–Crippen MR) is 115 cm³/mol. The van der Waals surface area contributed by atoms with Crippen LogP contribution in [0.1, 0.15) is 28.4 Å². The average molecular weight is 652 g/mol. The third kappa shape index (κ3) is 5.81. The Labute approximate surface area is 196 Å². The topological polar surface area (TPSA) is 72.8 Å². The first kappa shape index (κ1) is 24.8. The van der Waals surface area contributed by atoms with Gasteiger partial charge in [0.25, 0.3) is 0 Å². The molecule has 162 valence electrons. The monoisotopic (exact) mass is 652 g/mol. The Bertz CT molecular complexity index is 920. The molecule has 0 atom stereocenters. The van der Waals surface area contributed by atoms with Crippen LogP contribution in [0.25, 0.3) is 0 Å².